The summed E-state index contributed by atoms with van der Waals surface area (Å²) in [5.74, 6) is -1.25. The highest BCUT2D eigenvalue weighted by Gasteiger charge is 2.01. The van der Waals surface area contributed by atoms with Crippen LogP contribution in [0.15, 0.2) is 24.8 Å². The molecule has 0 radical (unpaired) electrons. The topological polar surface area (TPSA) is 141 Å². The minimum atomic E-state index is -0.981. The number of carbonyl (C=O) groups is 2. The van der Waals surface area contributed by atoms with E-state index in [0.29, 0.717) is 45.2 Å². The van der Waals surface area contributed by atoms with Crippen LogP contribution in [0, 0.1) is 0 Å². The normalized spacial score (nSPS) is 10.7. The summed E-state index contributed by atoms with van der Waals surface area (Å²) < 4.78 is 24.7. The number of unbranched alkanes of at least 4 members (excludes halogenated alkanes) is 5. The molecule has 34 heavy (non-hydrogen) atoms. The highest BCUT2D eigenvalue weighted by atomic mass is 16.6. The van der Waals surface area contributed by atoms with E-state index in [1.165, 1.54) is 32.8 Å². The SMILES string of the molecule is C=C(C)C(=O)OCCCCCCCC.C=CC(=O)O.COC(O)COCCOCCOCCO. The Bertz CT molecular complexity index is 482. The number of methoxy groups -OCH3 is 1. The molecule has 0 saturated heterocycles. The predicted octanol–water partition coefficient (Wildman–Crippen LogP) is 2.72. The fourth-order valence-electron chi connectivity index (χ4n) is 1.93. The fourth-order valence-corrected chi connectivity index (χ4v) is 1.93. The molecule has 202 valence electrons. The van der Waals surface area contributed by atoms with Gasteiger partial charge in [0.2, 0.25) is 0 Å². The van der Waals surface area contributed by atoms with E-state index < -0.39 is 12.3 Å². The molecule has 0 aromatic carbocycles. The first-order valence-electron chi connectivity index (χ1n) is 11.5. The Kier molecular flexibility index (Phi) is 33.7. The zero-order valence-electron chi connectivity index (χ0n) is 21.2. The minimum Gasteiger partial charge on any atom is -0.478 e. The van der Waals surface area contributed by atoms with Gasteiger partial charge in [-0.25, -0.2) is 9.59 Å². The van der Waals surface area contributed by atoms with E-state index in [4.69, 9.17) is 34.3 Å². The van der Waals surface area contributed by atoms with Gasteiger partial charge in [0.1, 0.15) is 0 Å². The molecule has 0 aliphatic rings. The zero-order valence-corrected chi connectivity index (χ0v) is 21.2. The van der Waals surface area contributed by atoms with Gasteiger partial charge in [0.05, 0.1) is 52.9 Å². The molecule has 0 fully saturated rings. The molecule has 0 amide bonds. The lowest BCUT2D eigenvalue weighted by Gasteiger charge is -2.09. The van der Waals surface area contributed by atoms with Crippen LogP contribution in [-0.2, 0) is 33.3 Å². The van der Waals surface area contributed by atoms with E-state index in [1.807, 2.05) is 0 Å². The van der Waals surface area contributed by atoms with Crippen molar-refractivity contribution in [2.24, 2.45) is 0 Å². The standard InChI is InChI=1S/C12H22O2.C9H20O6.C3H4O2/c1-4-5-6-7-8-9-10-14-12(13)11(2)3;1-12-9(11)8-15-7-6-14-5-4-13-3-2-10;1-2-3(4)5/h2,4-10H2,1,3H3;9-11H,2-8H2,1H3;2H,1H2,(H,4,5). The number of hydrogen-bond donors (Lipinski definition) is 3. The molecule has 0 bridgehead atoms. The van der Waals surface area contributed by atoms with Crippen LogP contribution < -0.4 is 0 Å². The van der Waals surface area contributed by atoms with Gasteiger partial charge >= 0.3 is 11.9 Å². The first-order valence-corrected chi connectivity index (χ1v) is 11.5. The summed E-state index contributed by atoms with van der Waals surface area (Å²) in [6, 6.07) is 0. The van der Waals surface area contributed by atoms with Gasteiger partial charge < -0.3 is 39.0 Å². The summed E-state index contributed by atoms with van der Waals surface area (Å²) >= 11 is 0. The second-order valence-electron chi connectivity index (χ2n) is 6.94. The molecule has 0 aliphatic carbocycles. The third-order valence-electron chi connectivity index (χ3n) is 3.77. The molecule has 0 aromatic heterocycles. The van der Waals surface area contributed by atoms with Crippen LogP contribution in [-0.4, -0.2) is 93.5 Å². The largest absolute Gasteiger partial charge is 0.478 e. The Balaban J connectivity index is -0.000000473. The monoisotopic (exact) mass is 494 g/mol. The first-order chi connectivity index (χ1) is 16.3. The van der Waals surface area contributed by atoms with E-state index in [2.05, 4.69) is 24.8 Å². The lowest BCUT2D eigenvalue weighted by molar-refractivity contribution is -0.139. The Labute approximate surface area is 204 Å². The van der Waals surface area contributed by atoms with Crippen LogP contribution in [0.25, 0.3) is 0 Å². The van der Waals surface area contributed by atoms with Crippen LogP contribution in [0.3, 0.4) is 0 Å². The highest BCUT2D eigenvalue weighted by Crippen LogP contribution is 2.05. The molecule has 3 N–H and O–H groups in total. The molecule has 0 aliphatic heterocycles. The molecule has 1 unspecified atom stereocenters. The number of aliphatic carboxylic acids is 1. The number of ether oxygens (including phenoxy) is 5. The number of rotatable bonds is 20. The van der Waals surface area contributed by atoms with Crippen molar-refractivity contribution in [1.29, 1.82) is 0 Å². The fraction of sp³-hybridized carbons (Fsp3) is 0.750. The second-order valence-corrected chi connectivity index (χ2v) is 6.94. The third kappa shape index (κ3) is 37.5. The molecule has 0 aromatic rings. The molecule has 0 rings (SSSR count). The third-order valence-corrected chi connectivity index (χ3v) is 3.77. The van der Waals surface area contributed by atoms with E-state index in [-0.39, 0.29) is 19.2 Å². The van der Waals surface area contributed by atoms with Gasteiger partial charge in [-0.05, 0) is 13.3 Å². The summed E-state index contributed by atoms with van der Waals surface area (Å²) in [5, 5.41) is 24.9. The number of carboxylic acid groups (broad SMARTS) is 1. The lowest BCUT2D eigenvalue weighted by Crippen LogP contribution is -2.19. The van der Waals surface area contributed by atoms with E-state index >= 15 is 0 Å². The van der Waals surface area contributed by atoms with Crippen molar-refractivity contribution in [1.82, 2.24) is 0 Å². The number of hydrogen-bond acceptors (Lipinski definition) is 9. The quantitative estimate of drug-likeness (QED) is 0.100. The number of esters is 1. The molecule has 0 saturated carbocycles. The van der Waals surface area contributed by atoms with Gasteiger partial charge in [-0.3, -0.25) is 0 Å². The van der Waals surface area contributed by atoms with Crippen molar-refractivity contribution in [3.63, 3.8) is 0 Å². The molecule has 10 heteroatoms. The summed E-state index contributed by atoms with van der Waals surface area (Å²) in [6.45, 7) is 13.2. The first kappa shape index (κ1) is 36.7. The smallest absolute Gasteiger partial charge is 0.333 e. The van der Waals surface area contributed by atoms with Crippen molar-refractivity contribution in [3.05, 3.63) is 24.8 Å². The van der Waals surface area contributed by atoms with Crippen LogP contribution >= 0.6 is 0 Å². The van der Waals surface area contributed by atoms with Crippen LogP contribution in [0.1, 0.15) is 52.4 Å². The Hall–Kier alpha value is -1.82. The summed E-state index contributed by atoms with van der Waals surface area (Å²) in [7, 11) is 1.41. The number of carbonyl (C=O) groups excluding carboxylic acids is 1. The van der Waals surface area contributed by atoms with Gasteiger partial charge in [0.15, 0.2) is 6.29 Å². The average Bonchev–Trinajstić information content (AvgIpc) is 2.82. The maximum absolute atomic E-state index is 11.0. The van der Waals surface area contributed by atoms with Gasteiger partial charge in [0, 0.05) is 18.8 Å². The Morgan fingerprint density at radius 1 is 0.912 bits per heavy atom. The maximum Gasteiger partial charge on any atom is 0.333 e. The maximum atomic E-state index is 11.0. The van der Waals surface area contributed by atoms with Gasteiger partial charge in [0.25, 0.3) is 0 Å². The molecule has 10 nitrogen and oxygen atoms in total. The average molecular weight is 495 g/mol. The van der Waals surface area contributed by atoms with Crippen LogP contribution in [0.5, 0.6) is 0 Å². The summed E-state index contributed by atoms with van der Waals surface area (Å²) in [4.78, 5) is 20.2. The van der Waals surface area contributed by atoms with Gasteiger partial charge in [-0.2, -0.15) is 0 Å². The predicted molar refractivity (Wildman–Crippen MR) is 130 cm³/mol. The molecule has 0 spiro atoms. The number of carboxylic acids is 1. The minimum absolute atomic E-state index is 0.0258. The van der Waals surface area contributed by atoms with Crippen molar-refractivity contribution in [2.45, 2.75) is 58.7 Å². The number of aliphatic hydroxyl groups excluding tert-OH is 2. The van der Waals surface area contributed by atoms with E-state index in [1.54, 1.807) is 6.92 Å². The van der Waals surface area contributed by atoms with Crippen molar-refractivity contribution < 1.29 is 48.6 Å². The molecular weight excluding hydrogens is 448 g/mol. The lowest BCUT2D eigenvalue weighted by atomic mass is 10.1. The van der Waals surface area contributed by atoms with Crippen molar-refractivity contribution >= 4 is 11.9 Å². The van der Waals surface area contributed by atoms with Crippen molar-refractivity contribution in [2.75, 3.05) is 60.0 Å². The zero-order chi connectivity index (χ0) is 26.5. The molecular formula is C24H46O10. The highest BCUT2D eigenvalue weighted by molar-refractivity contribution is 5.86. The molecule has 1 atom stereocenters. The Morgan fingerprint density at radius 2 is 1.41 bits per heavy atom. The van der Waals surface area contributed by atoms with Crippen LogP contribution in [0.4, 0.5) is 0 Å². The van der Waals surface area contributed by atoms with Crippen LogP contribution in [0.2, 0.25) is 0 Å². The summed E-state index contributed by atoms with van der Waals surface area (Å²) in [6.07, 6.45) is 7.21. The number of aliphatic hydroxyl groups is 2. The molecule has 0 heterocycles. The van der Waals surface area contributed by atoms with Gasteiger partial charge in [-0.1, -0.05) is 52.2 Å². The van der Waals surface area contributed by atoms with Crippen molar-refractivity contribution in [3.8, 4) is 0 Å². The second kappa shape index (κ2) is 31.2. The van der Waals surface area contributed by atoms with Gasteiger partial charge in [-0.15, -0.1) is 0 Å². The van der Waals surface area contributed by atoms with E-state index in [9.17, 15) is 9.59 Å². The summed E-state index contributed by atoms with van der Waals surface area (Å²) in [5.41, 5.74) is 0.482. The van der Waals surface area contributed by atoms with E-state index in [0.717, 1.165) is 18.9 Å². The Morgan fingerprint density at radius 3 is 1.88 bits per heavy atom.